The summed E-state index contributed by atoms with van der Waals surface area (Å²) < 4.78 is 38.4. The maximum atomic E-state index is 12.8. The zero-order valence-corrected chi connectivity index (χ0v) is 15.7. The molecule has 1 aliphatic rings. The highest BCUT2D eigenvalue weighted by Gasteiger charge is 2.40. The second kappa shape index (κ2) is 8.02. The Morgan fingerprint density at radius 3 is 2.40 bits per heavy atom. The van der Waals surface area contributed by atoms with Crippen LogP contribution in [0.5, 0.6) is 0 Å². The van der Waals surface area contributed by atoms with Crippen molar-refractivity contribution in [2.45, 2.75) is 19.5 Å². The Balaban J connectivity index is 0.000000178. The molecule has 3 N–H and O–H groups in total. The van der Waals surface area contributed by atoms with Gasteiger partial charge < -0.3 is 15.2 Å². The molecule has 30 heavy (non-hydrogen) atoms. The van der Waals surface area contributed by atoms with Crippen LogP contribution in [0.3, 0.4) is 0 Å². The molecule has 156 valence electrons. The maximum Gasteiger partial charge on any atom is 0.435 e. The average Bonchev–Trinajstić information content (AvgIpc) is 3.06. The molecule has 6 nitrogen and oxygen atoms in total. The molecule has 4 rings (SSSR count). The number of benzene rings is 2. The number of fused-ring (bicyclic) bond motifs is 3. The van der Waals surface area contributed by atoms with E-state index in [1.54, 1.807) is 19.1 Å². The Morgan fingerprint density at radius 2 is 1.77 bits per heavy atom. The predicted octanol–water partition coefficient (Wildman–Crippen LogP) is 4.47. The SMILES string of the molecule is Cc1ccc(C(=O)O)cc1C(=O)O.FC(F)(F)C1=NCCc2c1[nH]c1ccccc21. The summed E-state index contributed by atoms with van der Waals surface area (Å²) >= 11 is 0. The van der Waals surface area contributed by atoms with Gasteiger partial charge in [0.1, 0.15) is 0 Å². The highest BCUT2D eigenvalue weighted by molar-refractivity contribution is 6.09. The number of nitrogens with zero attached hydrogens (tertiary/aromatic N) is 1. The van der Waals surface area contributed by atoms with Crippen LogP contribution in [0, 0.1) is 6.92 Å². The van der Waals surface area contributed by atoms with Crippen LogP contribution in [0.15, 0.2) is 47.5 Å². The van der Waals surface area contributed by atoms with Gasteiger partial charge >= 0.3 is 18.1 Å². The smallest absolute Gasteiger partial charge is 0.435 e. The number of halogens is 3. The van der Waals surface area contributed by atoms with Crippen LogP contribution in [0.25, 0.3) is 10.9 Å². The Bertz CT molecular complexity index is 1160. The number of nitrogens with one attached hydrogen (secondary N) is 1. The van der Waals surface area contributed by atoms with Crippen LogP contribution in [0.2, 0.25) is 0 Å². The van der Waals surface area contributed by atoms with Crippen LogP contribution in [0.1, 0.15) is 37.5 Å². The summed E-state index contributed by atoms with van der Waals surface area (Å²) in [6, 6.07) is 11.3. The Kier molecular flexibility index (Phi) is 5.64. The minimum Gasteiger partial charge on any atom is -0.478 e. The number of H-pyrrole nitrogens is 1. The third-order valence-corrected chi connectivity index (χ3v) is 4.67. The second-order valence-corrected chi connectivity index (χ2v) is 6.64. The van der Waals surface area contributed by atoms with E-state index in [4.69, 9.17) is 10.2 Å². The third kappa shape index (κ3) is 4.19. The number of aliphatic imine (C=N–C) groups is 1. The van der Waals surface area contributed by atoms with Crippen molar-refractivity contribution < 1.29 is 33.0 Å². The average molecular weight is 418 g/mol. The van der Waals surface area contributed by atoms with Crippen molar-refractivity contribution in [3.8, 4) is 0 Å². The molecule has 0 unspecified atom stereocenters. The first kappa shape index (κ1) is 21.1. The molecule has 2 aromatic carbocycles. The van der Waals surface area contributed by atoms with E-state index < -0.39 is 23.8 Å². The third-order valence-electron chi connectivity index (χ3n) is 4.67. The number of carbonyl (C=O) groups is 2. The molecule has 0 saturated heterocycles. The molecule has 9 heteroatoms. The van der Waals surface area contributed by atoms with Crippen molar-refractivity contribution in [3.05, 3.63) is 70.4 Å². The van der Waals surface area contributed by atoms with Gasteiger partial charge in [0, 0.05) is 17.4 Å². The van der Waals surface area contributed by atoms with Crippen molar-refractivity contribution in [1.82, 2.24) is 4.98 Å². The fraction of sp³-hybridized carbons (Fsp3) is 0.190. The van der Waals surface area contributed by atoms with E-state index in [2.05, 4.69) is 9.98 Å². The fourth-order valence-electron chi connectivity index (χ4n) is 3.24. The lowest BCUT2D eigenvalue weighted by Crippen LogP contribution is -2.28. The van der Waals surface area contributed by atoms with Crippen LogP contribution in [-0.2, 0) is 6.42 Å². The number of carboxylic acid groups (broad SMARTS) is 2. The van der Waals surface area contributed by atoms with Crippen LogP contribution in [0.4, 0.5) is 13.2 Å². The van der Waals surface area contributed by atoms with Gasteiger partial charge in [0.2, 0.25) is 0 Å². The maximum absolute atomic E-state index is 12.8. The number of aryl methyl sites for hydroxylation is 1. The van der Waals surface area contributed by atoms with Gasteiger partial charge in [-0.15, -0.1) is 0 Å². The number of aromatic amines is 1. The number of carboxylic acids is 2. The van der Waals surface area contributed by atoms with Crippen molar-refractivity contribution in [1.29, 1.82) is 0 Å². The minimum atomic E-state index is -4.39. The lowest BCUT2D eigenvalue weighted by Gasteiger charge is -2.15. The van der Waals surface area contributed by atoms with Gasteiger partial charge in [-0.05, 0) is 42.7 Å². The number of hydrogen-bond acceptors (Lipinski definition) is 3. The Labute approximate surface area is 168 Å². The number of hydrogen-bond donors (Lipinski definition) is 3. The number of aromatic nitrogens is 1. The van der Waals surface area contributed by atoms with Crippen molar-refractivity contribution in [2.75, 3.05) is 6.54 Å². The topological polar surface area (TPSA) is 103 Å². The molecule has 1 aromatic heterocycles. The quantitative estimate of drug-likeness (QED) is 0.571. The van der Waals surface area contributed by atoms with E-state index in [1.807, 2.05) is 12.1 Å². The van der Waals surface area contributed by atoms with Crippen LogP contribution < -0.4 is 0 Å². The second-order valence-electron chi connectivity index (χ2n) is 6.64. The normalized spacial score (nSPS) is 13.1. The Morgan fingerprint density at radius 1 is 1.07 bits per heavy atom. The molecule has 2 heterocycles. The molecular formula is C21H17F3N2O4. The standard InChI is InChI=1S/C12H9F3N2.C9H8O4/c13-12(14,15)11-10-8(5-6-16-11)7-3-1-2-4-9(7)17-10;1-5-2-3-6(8(10)11)4-7(5)9(12)13/h1-4,17H,5-6H2;2-4H,1H3,(H,10,11)(H,12,13). The molecule has 0 radical (unpaired) electrons. The lowest BCUT2D eigenvalue weighted by molar-refractivity contribution is -0.0585. The predicted molar refractivity (Wildman–Crippen MR) is 105 cm³/mol. The van der Waals surface area contributed by atoms with E-state index >= 15 is 0 Å². The van der Waals surface area contributed by atoms with E-state index in [0.29, 0.717) is 12.0 Å². The fourth-order valence-corrected chi connectivity index (χ4v) is 3.24. The molecule has 0 aliphatic carbocycles. The number of aromatic carboxylic acids is 2. The molecule has 0 saturated carbocycles. The van der Waals surface area contributed by atoms with Crippen molar-refractivity contribution in [2.24, 2.45) is 4.99 Å². The van der Waals surface area contributed by atoms with Crippen molar-refractivity contribution >= 4 is 28.6 Å². The summed E-state index contributed by atoms with van der Waals surface area (Å²) in [6.07, 6.45) is -3.84. The van der Waals surface area contributed by atoms with E-state index in [1.165, 1.54) is 12.1 Å². The van der Waals surface area contributed by atoms with Gasteiger partial charge in [-0.3, -0.25) is 4.99 Å². The van der Waals surface area contributed by atoms with Crippen molar-refractivity contribution in [3.63, 3.8) is 0 Å². The van der Waals surface area contributed by atoms with Gasteiger partial charge in [0.25, 0.3) is 0 Å². The van der Waals surface area contributed by atoms with Gasteiger partial charge in [-0.25, -0.2) is 9.59 Å². The molecule has 0 fully saturated rings. The number of para-hydroxylation sites is 1. The summed E-state index contributed by atoms with van der Waals surface area (Å²) in [5.41, 5.74) is 1.37. The molecule has 1 aliphatic heterocycles. The summed E-state index contributed by atoms with van der Waals surface area (Å²) in [7, 11) is 0. The summed E-state index contributed by atoms with van der Waals surface area (Å²) in [5.74, 6) is -2.23. The van der Waals surface area contributed by atoms with Crippen LogP contribution in [-0.4, -0.2) is 45.6 Å². The first-order chi connectivity index (χ1) is 14.1. The van der Waals surface area contributed by atoms with Gasteiger partial charge in [0.05, 0.1) is 16.8 Å². The molecule has 0 spiro atoms. The lowest BCUT2D eigenvalue weighted by atomic mass is 10.0. The largest absolute Gasteiger partial charge is 0.478 e. The molecule has 0 atom stereocenters. The number of alkyl halides is 3. The zero-order valence-electron chi connectivity index (χ0n) is 15.7. The summed E-state index contributed by atoms with van der Waals surface area (Å²) in [6.45, 7) is 1.82. The monoisotopic (exact) mass is 418 g/mol. The minimum absolute atomic E-state index is 0.0111. The van der Waals surface area contributed by atoms with Crippen LogP contribution >= 0.6 is 0 Å². The van der Waals surface area contributed by atoms with Gasteiger partial charge in [-0.2, -0.15) is 13.2 Å². The molecule has 0 amide bonds. The van der Waals surface area contributed by atoms with E-state index in [-0.39, 0.29) is 23.4 Å². The van der Waals surface area contributed by atoms with Gasteiger partial charge in [0.15, 0.2) is 5.71 Å². The zero-order chi connectivity index (χ0) is 22.1. The van der Waals surface area contributed by atoms with Gasteiger partial charge in [-0.1, -0.05) is 24.3 Å². The van der Waals surface area contributed by atoms with E-state index in [0.717, 1.165) is 22.5 Å². The summed E-state index contributed by atoms with van der Waals surface area (Å²) in [5, 5.41) is 18.1. The summed E-state index contributed by atoms with van der Waals surface area (Å²) in [4.78, 5) is 27.5. The molecule has 3 aromatic rings. The number of rotatable bonds is 2. The highest BCUT2D eigenvalue weighted by atomic mass is 19.4. The Hall–Kier alpha value is -3.62. The first-order valence-electron chi connectivity index (χ1n) is 8.88. The molecular weight excluding hydrogens is 401 g/mol. The highest BCUT2D eigenvalue weighted by Crippen LogP contribution is 2.31. The first-order valence-corrected chi connectivity index (χ1v) is 8.88. The van der Waals surface area contributed by atoms with E-state index in [9.17, 15) is 22.8 Å². The molecule has 0 bridgehead atoms.